The molecule has 1 aliphatic rings. The molecule has 2 aromatic rings. The smallest absolute Gasteiger partial charge is 0.405 e. The van der Waals surface area contributed by atoms with E-state index in [1.165, 1.54) is 0 Å². The van der Waals surface area contributed by atoms with Crippen LogP contribution < -0.4 is 15.0 Å². The molecule has 1 heterocycles. The molecule has 3 rings (SSSR count). The van der Waals surface area contributed by atoms with Gasteiger partial charge in [-0.15, -0.1) is 0 Å². The van der Waals surface area contributed by atoms with Gasteiger partial charge in [0.15, 0.2) is 0 Å². The fourth-order valence-corrected chi connectivity index (χ4v) is 2.83. The Hall–Kier alpha value is -2.69. The maximum Gasteiger partial charge on any atom is 0.405 e. The summed E-state index contributed by atoms with van der Waals surface area (Å²) in [5.41, 5.74) is 4.19. The van der Waals surface area contributed by atoms with Crippen molar-refractivity contribution in [2.24, 2.45) is 0 Å². The average molecular weight is 312 g/mol. The summed E-state index contributed by atoms with van der Waals surface area (Å²) in [4.78, 5) is 13.0. The largest absolute Gasteiger partial charge is 0.493 e. The van der Waals surface area contributed by atoms with Crippen molar-refractivity contribution in [2.75, 3.05) is 25.6 Å². The Morgan fingerprint density at radius 1 is 1.22 bits per heavy atom. The fraction of sp³-hybridized carbons (Fsp3) is 0.278. The van der Waals surface area contributed by atoms with Gasteiger partial charge in [-0.05, 0) is 29.3 Å². The van der Waals surface area contributed by atoms with Gasteiger partial charge in [0.2, 0.25) is 0 Å². The molecule has 0 spiro atoms. The summed E-state index contributed by atoms with van der Waals surface area (Å²) in [5, 5.41) is 11.5. The minimum Gasteiger partial charge on any atom is -0.493 e. The highest BCUT2D eigenvalue weighted by atomic mass is 16.5. The van der Waals surface area contributed by atoms with Crippen LogP contribution in [0.5, 0.6) is 5.75 Å². The van der Waals surface area contributed by atoms with E-state index in [0.717, 1.165) is 28.1 Å². The van der Waals surface area contributed by atoms with Crippen LogP contribution in [0, 0.1) is 0 Å². The zero-order chi connectivity index (χ0) is 16.4. The van der Waals surface area contributed by atoms with Gasteiger partial charge in [0, 0.05) is 31.8 Å². The molecule has 1 amide bonds. The molecule has 2 N–H and O–H groups in total. The first-order valence-electron chi connectivity index (χ1n) is 7.58. The fourth-order valence-electron chi connectivity index (χ4n) is 2.83. The van der Waals surface area contributed by atoms with E-state index in [1.807, 2.05) is 38.4 Å². The predicted molar refractivity (Wildman–Crippen MR) is 90.2 cm³/mol. The Bertz CT molecular complexity index is 728. The lowest BCUT2D eigenvalue weighted by atomic mass is 9.96. The first kappa shape index (κ1) is 15.2. The number of amides is 1. The van der Waals surface area contributed by atoms with Gasteiger partial charge < -0.3 is 20.1 Å². The first-order chi connectivity index (χ1) is 11.0. The van der Waals surface area contributed by atoms with Crippen molar-refractivity contribution in [1.29, 1.82) is 0 Å². The SMILES string of the molecule is CN(C)c1cccc(-c2ccc3c(c2)OCCC3NC(=O)O)c1. The molecular formula is C18H20N2O3. The molecule has 0 aliphatic carbocycles. The van der Waals surface area contributed by atoms with Gasteiger partial charge in [-0.3, -0.25) is 0 Å². The summed E-state index contributed by atoms with van der Waals surface area (Å²) in [6, 6.07) is 14.0. The lowest BCUT2D eigenvalue weighted by molar-refractivity contribution is 0.182. The molecule has 5 nitrogen and oxygen atoms in total. The number of hydrogen-bond acceptors (Lipinski definition) is 3. The van der Waals surface area contributed by atoms with E-state index in [9.17, 15) is 4.79 Å². The number of fused-ring (bicyclic) bond motifs is 1. The Morgan fingerprint density at radius 3 is 2.74 bits per heavy atom. The van der Waals surface area contributed by atoms with Crippen LogP contribution in [0.25, 0.3) is 11.1 Å². The molecule has 2 aromatic carbocycles. The quantitative estimate of drug-likeness (QED) is 0.910. The Balaban J connectivity index is 1.94. The van der Waals surface area contributed by atoms with Crippen LogP contribution in [0.1, 0.15) is 18.0 Å². The summed E-state index contributed by atoms with van der Waals surface area (Å²) in [5.74, 6) is 0.753. The number of nitrogens with zero attached hydrogens (tertiary/aromatic N) is 1. The molecule has 0 saturated heterocycles. The van der Waals surface area contributed by atoms with Crippen molar-refractivity contribution >= 4 is 11.8 Å². The summed E-state index contributed by atoms with van der Waals surface area (Å²) in [7, 11) is 4.02. The van der Waals surface area contributed by atoms with Crippen LogP contribution in [0.15, 0.2) is 42.5 Å². The third-order valence-corrected chi connectivity index (χ3v) is 4.05. The van der Waals surface area contributed by atoms with Gasteiger partial charge in [-0.1, -0.05) is 24.3 Å². The number of ether oxygens (including phenoxy) is 1. The summed E-state index contributed by atoms with van der Waals surface area (Å²) >= 11 is 0. The monoisotopic (exact) mass is 312 g/mol. The van der Waals surface area contributed by atoms with Crippen molar-refractivity contribution in [3.8, 4) is 16.9 Å². The molecule has 1 aliphatic heterocycles. The second-order valence-corrected chi connectivity index (χ2v) is 5.84. The number of carboxylic acid groups (broad SMARTS) is 1. The van der Waals surface area contributed by atoms with Crippen LogP contribution in [0.4, 0.5) is 10.5 Å². The van der Waals surface area contributed by atoms with Gasteiger partial charge in [0.05, 0.1) is 12.6 Å². The second kappa shape index (κ2) is 6.20. The molecule has 0 bridgehead atoms. The number of nitrogens with one attached hydrogen (secondary N) is 1. The normalized spacial score (nSPS) is 16.2. The first-order valence-corrected chi connectivity index (χ1v) is 7.58. The highest BCUT2D eigenvalue weighted by Gasteiger charge is 2.23. The van der Waals surface area contributed by atoms with Crippen molar-refractivity contribution in [1.82, 2.24) is 5.32 Å². The van der Waals surface area contributed by atoms with E-state index in [1.54, 1.807) is 0 Å². The van der Waals surface area contributed by atoms with Crippen LogP contribution >= 0.6 is 0 Å². The van der Waals surface area contributed by atoms with E-state index in [-0.39, 0.29) is 6.04 Å². The van der Waals surface area contributed by atoms with Gasteiger partial charge >= 0.3 is 6.09 Å². The van der Waals surface area contributed by atoms with Gasteiger partial charge in [0.25, 0.3) is 0 Å². The molecule has 5 heteroatoms. The van der Waals surface area contributed by atoms with Crippen molar-refractivity contribution in [3.63, 3.8) is 0 Å². The van der Waals surface area contributed by atoms with E-state index >= 15 is 0 Å². The Labute approximate surface area is 135 Å². The van der Waals surface area contributed by atoms with Crippen molar-refractivity contribution in [3.05, 3.63) is 48.0 Å². The van der Waals surface area contributed by atoms with Crippen LogP contribution in [-0.2, 0) is 0 Å². The standard InChI is InChI=1S/C18H20N2O3/c1-20(2)14-5-3-4-12(10-14)13-6-7-15-16(19-18(21)22)8-9-23-17(15)11-13/h3-7,10-11,16,19H,8-9H2,1-2H3,(H,21,22). The summed E-state index contributed by atoms with van der Waals surface area (Å²) in [6.07, 6.45) is -0.361. The van der Waals surface area contributed by atoms with E-state index in [2.05, 4.69) is 28.4 Å². The highest BCUT2D eigenvalue weighted by Crippen LogP contribution is 2.36. The lowest BCUT2D eigenvalue weighted by Crippen LogP contribution is -2.30. The number of rotatable bonds is 3. The molecule has 23 heavy (non-hydrogen) atoms. The number of anilines is 1. The molecule has 0 aromatic heterocycles. The van der Waals surface area contributed by atoms with Gasteiger partial charge in [-0.2, -0.15) is 0 Å². The third kappa shape index (κ3) is 3.23. The highest BCUT2D eigenvalue weighted by molar-refractivity contribution is 5.71. The molecular weight excluding hydrogens is 292 g/mol. The zero-order valence-electron chi connectivity index (χ0n) is 13.2. The maximum atomic E-state index is 10.9. The minimum atomic E-state index is -1.01. The van der Waals surface area contributed by atoms with Gasteiger partial charge in [0.1, 0.15) is 5.75 Å². The maximum absolute atomic E-state index is 10.9. The molecule has 1 atom stereocenters. The zero-order valence-corrected chi connectivity index (χ0v) is 13.2. The third-order valence-electron chi connectivity index (χ3n) is 4.05. The van der Waals surface area contributed by atoms with E-state index in [0.29, 0.717) is 13.0 Å². The molecule has 0 saturated carbocycles. The topological polar surface area (TPSA) is 61.8 Å². The van der Waals surface area contributed by atoms with Crippen LogP contribution in [-0.4, -0.2) is 31.9 Å². The van der Waals surface area contributed by atoms with Crippen LogP contribution in [0.3, 0.4) is 0 Å². The van der Waals surface area contributed by atoms with E-state index in [4.69, 9.17) is 9.84 Å². The minimum absolute atomic E-state index is 0.210. The predicted octanol–water partition coefficient (Wildman–Crippen LogP) is 3.51. The molecule has 1 unspecified atom stereocenters. The molecule has 0 fully saturated rings. The van der Waals surface area contributed by atoms with Crippen LogP contribution in [0.2, 0.25) is 0 Å². The lowest BCUT2D eigenvalue weighted by Gasteiger charge is -2.26. The average Bonchev–Trinajstić information content (AvgIpc) is 2.54. The van der Waals surface area contributed by atoms with E-state index < -0.39 is 6.09 Å². The summed E-state index contributed by atoms with van der Waals surface area (Å²) < 4.78 is 5.73. The van der Waals surface area contributed by atoms with Crippen molar-refractivity contribution < 1.29 is 14.6 Å². The molecule has 0 radical (unpaired) electrons. The second-order valence-electron chi connectivity index (χ2n) is 5.84. The number of carbonyl (C=O) groups is 1. The Morgan fingerprint density at radius 2 is 2.00 bits per heavy atom. The van der Waals surface area contributed by atoms with Gasteiger partial charge in [-0.25, -0.2) is 4.79 Å². The Kier molecular flexibility index (Phi) is 4.10. The number of hydrogen-bond donors (Lipinski definition) is 2. The number of benzene rings is 2. The molecule has 120 valence electrons. The van der Waals surface area contributed by atoms with Crippen molar-refractivity contribution in [2.45, 2.75) is 12.5 Å². The summed E-state index contributed by atoms with van der Waals surface area (Å²) in [6.45, 7) is 0.513.